The van der Waals surface area contributed by atoms with Gasteiger partial charge in [-0.25, -0.2) is 0 Å². The second-order valence-electron chi connectivity index (χ2n) is 3.85. The van der Waals surface area contributed by atoms with Gasteiger partial charge in [0.15, 0.2) is 5.78 Å². The number of ketones is 1. The van der Waals surface area contributed by atoms with Crippen LogP contribution in [-0.2, 0) is 0 Å². The minimum absolute atomic E-state index is 0.164. The van der Waals surface area contributed by atoms with E-state index in [0.29, 0.717) is 0 Å². The van der Waals surface area contributed by atoms with Gasteiger partial charge in [0.25, 0.3) is 0 Å². The highest BCUT2D eigenvalue weighted by Crippen LogP contribution is 2.20. The molecule has 3 N–H and O–H groups in total. The summed E-state index contributed by atoms with van der Waals surface area (Å²) in [6.07, 6.45) is 0. The van der Waals surface area contributed by atoms with Crippen LogP contribution in [0.2, 0.25) is 0 Å². The molecule has 0 radical (unpaired) electrons. The van der Waals surface area contributed by atoms with Gasteiger partial charge in [-0.05, 0) is 26.0 Å². The Morgan fingerprint density at radius 3 is 2.19 bits per heavy atom. The maximum atomic E-state index is 11.6. The van der Waals surface area contributed by atoms with Crippen LogP contribution in [0.15, 0.2) is 18.2 Å². The Balaban J connectivity index is 2.80. The first-order chi connectivity index (χ1) is 7.40. The van der Waals surface area contributed by atoms with Crippen LogP contribution in [0.25, 0.3) is 0 Å². The summed E-state index contributed by atoms with van der Waals surface area (Å²) in [5.74, 6) is -0.739. The van der Waals surface area contributed by atoms with E-state index in [1.165, 1.54) is 12.1 Å². The van der Waals surface area contributed by atoms with Crippen LogP contribution in [0.3, 0.4) is 0 Å². The van der Waals surface area contributed by atoms with E-state index < -0.39 is 0 Å². The monoisotopic (exact) mass is 225 g/mol. The Morgan fingerprint density at radius 2 is 1.75 bits per heavy atom. The van der Waals surface area contributed by atoms with Gasteiger partial charge >= 0.3 is 0 Å². The molecule has 0 amide bonds. The summed E-state index contributed by atoms with van der Waals surface area (Å²) in [5, 5.41) is 28.7. The Morgan fingerprint density at radius 1 is 1.25 bits per heavy atom. The predicted octanol–water partition coefficient (Wildman–Crippen LogP) is 1.38. The molecule has 5 heteroatoms. The van der Waals surface area contributed by atoms with Gasteiger partial charge in [-0.1, -0.05) is 0 Å². The summed E-state index contributed by atoms with van der Waals surface area (Å²) in [7, 11) is 0. The lowest BCUT2D eigenvalue weighted by molar-refractivity contribution is -0.107. The number of Topliss-reactive ketones (excluding diaryl/α,β-unsaturated/α-hetero) is 1. The zero-order chi connectivity index (χ0) is 12.3. The number of benzene rings is 1. The van der Waals surface area contributed by atoms with Gasteiger partial charge in [0.05, 0.1) is 6.54 Å². The molecule has 0 fully saturated rings. The van der Waals surface area contributed by atoms with Crippen molar-refractivity contribution in [2.75, 3.05) is 6.54 Å². The normalized spacial score (nSPS) is 11.1. The van der Waals surface area contributed by atoms with Crippen molar-refractivity contribution in [2.45, 2.75) is 19.9 Å². The predicted molar refractivity (Wildman–Crippen MR) is 57.7 cm³/mol. The molecule has 0 saturated heterocycles. The smallest absolute Gasteiger partial charge is 0.179 e. The number of carbonyl (C=O) groups excluding carboxylic acids is 1. The van der Waals surface area contributed by atoms with E-state index >= 15 is 0 Å². The second kappa shape index (κ2) is 4.96. The summed E-state index contributed by atoms with van der Waals surface area (Å²) in [6.45, 7) is 3.31. The molecular formula is C11H15NO4. The van der Waals surface area contributed by atoms with E-state index in [1.807, 2.05) is 0 Å². The maximum Gasteiger partial charge on any atom is 0.179 e. The van der Waals surface area contributed by atoms with Crippen LogP contribution in [0, 0.1) is 0 Å². The zero-order valence-corrected chi connectivity index (χ0v) is 9.21. The van der Waals surface area contributed by atoms with Crippen molar-refractivity contribution in [1.29, 1.82) is 0 Å². The molecule has 1 aromatic rings. The van der Waals surface area contributed by atoms with Crippen LogP contribution in [-0.4, -0.2) is 38.9 Å². The van der Waals surface area contributed by atoms with Crippen LogP contribution < -0.4 is 0 Å². The van der Waals surface area contributed by atoms with E-state index in [9.17, 15) is 20.2 Å². The van der Waals surface area contributed by atoms with Crippen LogP contribution >= 0.6 is 0 Å². The lowest BCUT2D eigenvalue weighted by Crippen LogP contribution is -2.32. The van der Waals surface area contributed by atoms with Crippen LogP contribution in [0.5, 0.6) is 11.5 Å². The number of phenolic OH excluding ortho intramolecular Hbond substituents is 2. The highest BCUT2D eigenvalue weighted by Gasteiger charge is 2.14. The number of phenols is 2. The third-order valence-electron chi connectivity index (χ3n) is 2.13. The Labute approximate surface area is 93.5 Å². The van der Waals surface area contributed by atoms with Gasteiger partial charge in [-0.2, -0.15) is 5.06 Å². The van der Waals surface area contributed by atoms with E-state index in [2.05, 4.69) is 0 Å². The van der Waals surface area contributed by atoms with Crippen LogP contribution in [0.4, 0.5) is 0 Å². The topological polar surface area (TPSA) is 81.0 Å². The standard InChI is InChI=1S/C11H15NO4/c1-7(2)12(16)6-11(15)8-3-9(13)5-10(14)4-8/h3-5,7,13-14,16H,6H2,1-2H3. The highest BCUT2D eigenvalue weighted by molar-refractivity contribution is 5.98. The average Bonchev–Trinajstić information content (AvgIpc) is 2.15. The van der Waals surface area contributed by atoms with Crippen molar-refractivity contribution in [3.05, 3.63) is 23.8 Å². The molecule has 0 heterocycles. The molecule has 16 heavy (non-hydrogen) atoms. The van der Waals surface area contributed by atoms with Gasteiger partial charge in [0.1, 0.15) is 11.5 Å². The summed E-state index contributed by atoms with van der Waals surface area (Å²) < 4.78 is 0. The maximum absolute atomic E-state index is 11.6. The van der Waals surface area contributed by atoms with Crippen molar-refractivity contribution in [2.24, 2.45) is 0 Å². The minimum Gasteiger partial charge on any atom is -0.508 e. The number of aromatic hydroxyl groups is 2. The lowest BCUT2D eigenvalue weighted by Gasteiger charge is -2.17. The number of carbonyl (C=O) groups is 1. The zero-order valence-electron chi connectivity index (χ0n) is 9.21. The van der Waals surface area contributed by atoms with Crippen molar-refractivity contribution < 1.29 is 20.2 Å². The van der Waals surface area contributed by atoms with Gasteiger partial charge in [-0.3, -0.25) is 4.79 Å². The first kappa shape index (κ1) is 12.5. The molecule has 0 aliphatic carbocycles. The van der Waals surface area contributed by atoms with E-state index in [0.717, 1.165) is 11.1 Å². The Kier molecular flexibility index (Phi) is 3.87. The number of rotatable bonds is 4. The number of hydrogen-bond donors (Lipinski definition) is 3. The molecule has 88 valence electrons. The third kappa shape index (κ3) is 3.22. The molecule has 1 aromatic carbocycles. The van der Waals surface area contributed by atoms with Gasteiger partial charge in [0, 0.05) is 17.7 Å². The van der Waals surface area contributed by atoms with E-state index in [-0.39, 0.29) is 35.4 Å². The van der Waals surface area contributed by atoms with Gasteiger partial charge in [0.2, 0.25) is 0 Å². The highest BCUT2D eigenvalue weighted by atomic mass is 16.5. The number of hydroxylamine groups is 2. The summed E-state index contributed by atoms with van der Waals surface area (Å²) >= 11 is 0. The average molecular weight is 225 g/mol. The van der Waals surface area contributed by atoms with Crippen molar-refractivity contribution >= 4 is 5.78 Å². The Hall–Kier alpha value is -1.59. The summed E-state index contributed by atoms with van der Waals surface area (Å²) in [5.41, 5.74) is 0.164. The third-order valence-corrected chi connectivity index (χ3v) is 2.13. The molecule has 0 saturated carbocycles. The SMILES string of the molecule is CC(C)N(O)CC(=O)c1cc(O)cc(O)c1. The number of nitrogens with zero attached hydrogens (tertiary/aromatic N) is 1. The van der Waals surface area contributed by atoms with Crippen molar-refractivity contribution in [3.63, 3.8) is 0 Å². The summed E-state index contributed by atoms with van der Waals surface area (Å²) in [6, 6.07) is 3.46. The largest absolute Gasteiger partial charge is 0.508 e. The fraction of sp³-hybridized carbons (Fsp3) is 0.364. The molecule has 0 unspecified atom stereocenters. The first-order valence-corrected chi connectivity index (χ1v) is 4.92. The van der Waals surface area contributed by atoms with E-state index in [1.54, 1.807) is 13.8 Å². The van der Waals surface area contributed by atoms with Gasteiger partial charge in [-0.15, -0.1) is 0 Å². The molecule has 0 bridgehead atoms. The molecule has 0 spiro atoms. The first-order valence-electron chi connectivity index (χ1n) is 4.92. The quantitative estimate of drug-likeness (QED) is 0.532. The summed E-state index contributed by atoms with van der Waals surface area (Å²) in [4.78, 5) is 11.6. The molecule has 1 rings (SSSR count). The minimum atomic E-state index is -0.373. The Bertz CT molecular complexity index is 369. The molecule has 0 aliphatic heterocycles. The van der Waals surface area contributed by atoms with Crippen molar-refractivity contribution in [1.82, 2.24) is 5.06 Å². The van der Waals surface area contributed by atoms with E-state index in [4.69, 9.17) is 0 Å². The molecule has 5 nitrogen and oxygen atoms in total. The fourth-order valence-corrected chi connectivity index (χ4v) is 1.18. The van der Waals surface area contributed by atoms with Crippen LogP contribution in [0.1, 0.15) is 24.2 Å². The molecule has 0 aliphatic rings. The molecular weight excluding hydrogens is 210 g/mol. The molecule has 0 aromatic heterocycles. The van der Waals surface area contributed by atoms with Crippen molar-refractivity contribution in [3.8, 4) is 11.5 Å². The second-order valence-corrected chi connectivity index (χ2v) is 3.85. The number of hydrogen-bond acceptors (Lipinski definition) is 5. The van der Waals surface area contributed by atoms with Gasteiger partial charge < -0.3 is 15.4 Å². The lowest BCUT2D eigenvalue weighted by atomic mass is 10.1. The molecule has 0 atom stereocenters. The fourth-order valence-electron chi connectivity index (χ4n) is 1.18.